The molecule has 0 fully saturated rings. The lowest BCUT2D eigenvalue weighted by Crippen LogP contribution is -2.29. The number of hydrogen-bond acceptors (Lipinski definition) is 3. The average molecular weight is 383 g/mol. The fourth-order valence-corrected chi connectivity index (χ4v) is 4.43. The smallest absolute Gasteiger partial charge is 0.207 e. The van der Waals surface area contributed by atoms with E-state index in [2.05, 4.69) is 4.72 Å². The van der Waals surface area contributed by atoms with E-state index in [9.17, 15) is 21.6 Å². The second kappa shape index (κ2) is 6.99. The summed E-state index contributed by atoms with van der Waals surface area (Å²) in [5, 5.41) is 1.77. The summed E-state index contributed by atoms with van der Waals surface area (Å²) in [6, 6.07) is 10.1. The molecule has 0 aliphatic carbocycles. The summed E-state index contributed by atoms with van der Waals surface area (Å²) in [4.78, 5) is 0.140. The van der Waals surface area contributed by atoms with Gasteiger partial charge in [-0.1, -0.05) is 18.2 Å². The number of benzene rings is 2. The van der Waals surface area contributed by atoms with Crippen molar-refractivity contribution in [2.45, 2.75) is 10.9 Å². The minimum absolute atomic E-state index is 0.455. The van der Waals surface area contributed by atoms with Gasteiger partial charge in [-0.2, -0.15) is 4.72 Å². The Morgan fingerprint density at radius 3 is 2.08 bits per heavy atom. The first kappa shape index (κ1) is 17.7. The van der Waals surface area contributed by atoms with Crippen molar-refractivity contribution < 1.29 is 21.6 Å². The van der Waals surface area contributed by atoms with E-state index in [0.717, 1.165) is 12.1 Å². The SMILES string of the molecule is O=S(=O)(N[C@H](c1ccc(F)cc1)c1cccs1)c1cc(F)cc(F)c1. The minimum Gasteiger partial charge on any atom is -0.207 e. The van der Waals surface area contributed by atoms with Crippen molar-refractivity contribution in [2.24, 2.45) is 0 Å². The van der Waals surface area contributed by atoms with E-state index in [1.165, 1.54) is 35.6 Å². The highest BCUT2D eigenvalue weighted by Gasteiger charge is 2.24. The zero-order chi connectivity index (χ0) is 18.0. The third-order valence-electron chi connectivity index (χ3n) is 3.45. The van der Waals surface area contributed by atoms with Gasteiger partial charge in [0.05, 0.1) is 10.9 Å². The van der Waals surface area contributed by atoms with Gasteiger partial charge in [-0.25, -0.2) is 21.6 Å². The molecule has 130 valence electrons. The first-order chi connectivity index (χ1) is 11.8. The lowest BCUT2D eigenvalue weighted by atomic mass is 10.1. The molecule has 0 aliphatic rings. The highest BCUT2D eigenvalue weighted by molar-refractivity contribution is 7.89. The highest BCUT2D eigenvalue weighted by Crippen LogP contribution is 2.28. The van der Waals surface area contributed by atoms with E-state index in [-0.39, 0.29) is 0 Å². The van der Waals surface area contributed by atoms with Crippen molar-refractivity contribution in [2.75, 3.05) is 0 Å². The molecule has 0 unspecified atom stereocenters. The van der Waals surface area contributed by atoms with Crippen LogP contribution in [-0.2, 0) is 10.0 Å². The van der Waals surface area contributed by atoms with E-state index < -0.39 is 38.4 Å². The lowest BCUT2D eigenvalue weighted by Gasteiger charge is -2.18. The van der Waals surface area contributed by atoms with Crippen LogP contribution in [0.1, 0.15) is 16.5 Å². The lowest BCUT2D eigenvalue weighted by molar-refractivity contribution is 0.557. The molecule has 0 bridgehead atoms. The number of nitrogens with one attached hydrogen (secondary N) is 1. The average Bonchev–Trinajstić information content (AvgIpc) is 3.07. The molecule has 1 N–H and O–H groups in total. The number of rotatable bonds is 5. The Morgan fingerprint density at radius 2 is 1.52 bits per heavy atom. The van der Waals surface area contributed by atoms with Crippen molar-refractivity contribution in [3.8, 4) is 0 Å². The Kier molecular flexibility index (Phi) is 4.94. The summed E-state index contributed by atoms with van der Waals surface area (Å²) in [7, 11) is -4.21. The van der Waals surface area contributed by atoms with Crippen LogP contribution in [0.15, 0.2) is 64.9 Å². The second-order valence-corrected chi connectivity index (χ2v) is 7.92. The van der Waals surface area contributed by atoms with Gasteiger partial charge < -0.3 is 0 Å². The molecule has 1 aromatic heterocycles. The second-order valence-electron chi connectivity index (χ2n) is 5.23. The molecular weight excluding hydrogens is 371 g/mol. The first-order valence-electron chi connectivity index (χ1n) is 7.12. The maximum Gasteiger partial charge on any atom is 0.241 e. The number of hydrogen-bond donors (Lipinski definition) is 1. The van der Waals surface area contributed by atoms with Crippen molar-refractivity contribution in [1.29, 1.82) is 0 Å². The molecule has 3 nitrogen and oxygen atoms in total. The molecule has 3 rings (SSSR count). The van der Waals surface area contributed by atoms with Crippen molar-refractivity contribution >= 4 is 21.4 Å². The summed E-state index contributed by atoms with van der Waals surface area (Å²) in [5.74, 6) is -2.44. The predicted molar refractivity (Wildman–Crippen MR) is 89.2 cm³/mol. The predicted octanol–water partition coefficient (Wildman–Crippen LogP) is 4.23. The zero-order valence-electron chi connectivity index (χ0n) is 12.6. The number of halogens is 3. The topological polar surface area (TPSA) is 46.2 Å². The van der Waals surface area contributed by atoms with Crippen LogP contribution in [0.3, 0.4) is 0 Å². The van der Waals surface area contributed by atoms with Gasteiger partial charge in [0.25, 0.3) is 0 Å². The monoisotopic (exact) mass is 383 g/mol. The first-order valence-corrected chi connectivity index (χ1v) is 9.49. The van der Waals surface area contributed by atoms with Crippen molar-refractivity contribution in [3.63, 3.8) is 0 Å². The largest absolute Gasteiger partial charge is 0.241 e. The molecule has 0 saturated carbocycles. The molecular formula is C17H12F3NO2S2. The molecule has 1 heterocycles. The van der Waals surface area contributed by atoms with Crippen LogP contribution in [-0.4, -0.2) is 8.42 Å². The van der Waals surface area contributed by atoms with Crippen LogP contribution in [0.25, 0.3) is 0 Å². The van der Waals surface area contributed by atoms with Crippen LogP contribution in [0.2, 0.25) is 0 Å². The summed E-state index contributed by atoms with van der Waals surface area (Å²) in [6.07, 6.45) is 0. The maximum absolute atomic E-state index is 13.4. The van der Waals surface area contributed by atoms with Crippen molar-refractivity contribution in [1.82, 2.24) is 4.72 Å². The van der Waals surface area contributed by atoms with E-state index in [4.69, 9.17) is 0 Å². The fourth-order valence-electron chi connectivity index (χ4n) is 2.31. The molecule has 3 aromatic rings. The fraction of sp³-hybridized carbons (Fsp3) is 0.0588. The Bertz CT molecular complexity index is 951. The Hall–Kier alpha value is -2.16. The molecule has 8 heteroatoms. The summed E-state index contributed by atoms with van der Waals surface area (Å²) in [5.41, 5.74) is 0.504. The van der Waals surface area contributed by atoms with E-state index in [0.29, 0.717) is 16.5 Å². The molecule has 2 aromatic carbocycles. The molecule has 0 saturated heterocycles. The van der Waals surface area contributed by atoms with Gasteiger partial charge in [0.2, 0.25) is 10.0 Å². The van der Waals surface area contributed by atoms with Crippen molar-refractivity contribution in [3.05, 3.63) is 87.9 Å². The van der Waals surface area contributed by atoms with Gasteiger partial charge in [0.1, 0.15) is 17.5 Å². The summed E-state index contributed by atoms with van der Waals surface area (Å²) in [6.45, 7) is 0. The van der Waals surface area contributed by atoms with Crippen LogP contribution in [0, 0.1) is 17.5 Å². The van der Waals surface area contributed by atoms with Crippen LogP contribution >= 0.6 is 11.3 Å². The Balaban J connectivity index is 2.01. The Morgan fingerprint density at radius 1 is 0.880 bits per heavy atom. The van der Waals surface area contributed by atoms with Crippen LogP contribution in [0.5, 0.6) is 0 Å². The van der Waals surface area contributed by atoms with Crippen LogP contribution < -0.4 is 4.72 Å². The molecule has 0 radical (unpaired) electrons. The van der Waals surface area contributed by atoms with Gasteiger partial charge >= 0.3 is 0 Å². The minimum atomic E-state index is -4.21. The molecule has 0 spiro atoms. The molecule has 1 atom stereocenters. The third-order valence-corrected chi connectivity index (χ3v) is 5.79. The van der Waals surface area contributed by atoms with Gasteiger partial charge in [0, 0.05) is 10.9 Å². The standard InChI is InChI=1S/C17H12F3NO2S2/c18-12-5-3-11(4-6-12)17(16-2-1-7-24-16)21-25(22,23)15-9-13(19)8-14(20)10-15/h1-10,17,21H/t17-/m1/s1. The zero-order valence-corrected chi connectivity index (χ0v) is 14.3. The Labute approximate surface area is 146 Å². The van der Waals surface area contributed by atoms with Gasteiger partial charge in [-0.05, 0) is 41.3 Å². The maximum atomic E-state index is 13.4. The van der Waals surface area contributed by atoms with Crippen LogP contribution in [0.4, 0.5) is 13.2 Å². The summed E-state index contributed by atoms with van der Waals surface area (Å²) >= 11 is 1.30. The van der Waals surface area contributed by atoms with E-state index in [1.54, 1.807) is 17.5 Å². The highest BCUT2D eigenvalue weighted by atomic mass is 32.2. The van der Waals surface area contributed by atoms with E-state index >= 15 is 0 Å². The summed E-state index contributed by atoms with van der Waals surface area (Å²) < 4.78 is 67.5. The number of thiophene rings is 1. The molecule has 0 aliphatic heterocycles. The molecule has 25 heavy (non-hydrogen) atoms. The van der Waals surface area contributed by atoms with Gasteiger partial charge in [0.15, 0.2) is 0 Å². The molecule has 0 amide bonds. The van der Waals surface area contributed by atoms with E-state index in [1.807, 2.05) is 0 Å². The quantitative estimate of drug-likeness (QED) is 0.717. The third kappa shape index (κ3) is 4.09. The number of sulfonamides is 1. The van der Waals surface area contributed by atoms with Gasteiger partial charge in [-0.3, -0.25) is 0 Å². The van der Waals surface area contributed by atoms with Gasteiger partial charge in [-0.15, -0.1) is 11.3 Å². The normalized spacial score (nSPS) is 12.9.